The van der Waals surface area contributed by atoms with E-state index in [0.29, 0.717) is 25.4 Å². The molecule has 3 heterocycles. The van der Waals surface area contributed by atoms with E-state index in [9.17, 15) is 9.90 Å². The van der Waals surface area contributed by atoms with Crippen LogP contribution in [0.2, 0.25) is 0 Å². The van der Waals surface area contributed by atoms with Crippen molar-refractivity contribution < 1.29 is 19.4 Å². The van der Waals surface area contributed by atoms with Crippen molar-refractivity contribution in [2.75, 3.05) is 26.7 Å². The molecule has 1 aliphatic heterocycles. The first-order valence-electron chi connectivity index (χ1n) is 11.3. The molecule has 2 aromatic heterocycles. The molecular weight excluding hydrogens is 432 g/mol. The summed E-state index contributed by atoms with van der Waals surface area (Å²) in [6.07, 6.45) is 1.90. The summed E-state index contributed by atoms with van der Waals surface area (Å²) < 4.78 is 11.1. The van der Waals surface area contributed by atoms with E-state index in [-0.39, 0.29) is 17.9 Å². The average molecular weight is 459 g/mol. The Bertz CT molecular complexity index is 1340. The van der Waals surface area contributed by atoms with Crippen LogP contribution in [0.4, 0.5) is 4.79 Å². The van der Waals surface area contributed by atoms with Crippen LogP contribution < -0.4 is 10.1 Å². The standard InChI is InChI=1S/C26H26N4O4/c1-33-23-5-2-4-21-20(10-12-28-25(21)23)24-16-30(26(32)34-24)13-3-11-27-15-18-7-6-17-14-19(31)8-9-22(17)29-18/h2,4-10,12,14,24,27,31H,3,11,13,15-16H2,1H3. The van der Waals surface area contributed by atoms with Gasteiger partial charge in [0.15, 0.2) is 0 Å². The maximum absolute atomic E-state index is 12.5. The van der Waals surface area contributed by atoms with E-state index in [4.69, 9.17) is 9.47 Å². The molecule has 1 amide bonds. The summed E-state index contributed by atoms with van der Waals surface area (Å²) in [4.78, 5) is 23.3. The summed E-state index contributed by atoms with van der Waals surface area (Å²) in [6.45, 7) is 2.50. The molecule has 2 N–H and O–H groups in total. The first-order chi connectivity index (χ1) is 16.6. The molecule has 8 heteroatoms. The first kappa shape index (κ1) is 21.9. The summed E-state index contributed by atoms with van der Waals surface area (Å²) >= 11 is 0. The number of hydrogen-bond acceptors (Lipinski definition) is 7. The summed E-state index contributed by atoms with van der Waals surface area (Å²) in [5.74, 6) is 0.936. The fourth-order valence-electron chi connectivity index (χ4n) is 4.33. The number of hydrogen-bond donors (Lipinski definition) is 2. The third-order valence-corrected chi connectivity index (χ3v) is 6.04. The van der Waals surface area contributed by atoms with Crippen molar-refractivity contribution in [2.24, 2.45) is 0 Å². The van der Waals surface area contributed by atoms with Crippen LogP contribution in [-0.2, 0) is 11.3 Å². The Morgan fingerprint density at radius 3 is 3.00 bits per heavy atom. The second-order valence-corrected chi connectivity index (χ2v) is 8.28. The molecule has 174 valence electrons. The number of cyclic esters (lactones) is 1. The van der Waals surface area contributed by atoms with Gasteiger partial charge in [0.1, 0.15) is 23.1 Å². The van der Waals surface area contributed by atoms with Gasteiger partial charge in [-0.3, -0.25) is 9.97 Å². The number of aromatic hydroxyl groups is 1. The highest BCUT2D eigenvalue weighted by Gasteiger charge is 2.33. The fraction of sp³-hybridized carbons (Fsp3) is 0.269. The number of pyridine rings is 2. The highest BCUT2D eigenvalue weighted by atomic mass is 16.6. The maximum atomic E-state index is 12.5. The predicted octanol–water partition coefficient (Wildman–Crippen LogP) is 4.17. The molecule has 5 rings (SSSR count). The van der Waals surface area contributed by atoms with Gasteiger partial charge in [-0.25, -0.2) is 4.79 Å². The monoisotopic (exact) mass is 458 g/mol. The third-order valence-electron chi connectivity index (χ3n) is 6.04. The number of amides is 1. The minimum Gasteiger partial charge on any atom is -0.508 e. The Morgan fingerprint density at radius 1 is 1.21 bits per heavy atom. The molecule has 0 spiro atoms. The molecule has 0 radical (unpaired) electrons. The zero-order valence-electron chi connectivity index (χ0n) is 18.9. The van der Waals surface area contributed by atoms with Crippen LogP contribution in [0, 0.1) is 0 Å². The van der Waals surface area contributed by atoms with Crippen molar-refractivity contribution in [3.63, 3.8) is 0 Å². The van der Waals surface area contributed by atoms with E-state index >= 15 is 0 Å². The number of methoxy groups -OCH3 is 1. The quantitative estimate of drug-likeness (QED) is 0.383. The van der Waals surface area contributed by atoms with Gasteiger partial charge in [-0.2, -0.15) is 0 Å². The number of para-hydroxylation sites is 1. The SMILES string of the molecule is COc1cccc2c(C3CN(CCCNCc4ccc5cc(O)ccc5n4)C(=O)O3)ccnc12. The van der Waals surface area contributed by atoms with Crippen LogP contribution in [-0.4, -0.2) is 52.8 Å². The number of nitrogens with zero attached hydrogens (tertiary/aromatic N) is 3. The highest BCUT2D eigenvalue weighted by molar-refractivity contribution is 5.88. The lowest BCUT2D eigenvalue weighted by Gasteiger charge is -2.14. The smallest absolute Gasteiger partial charge is 0.410 e. The lowest BCUT2D eigenvalue weighted by atomic mass is 10.0. The van der Waals surface area contributed by atoms with Gasteiger partial charge in [0.2, 0.25) is 0 Å². The van der Waals surface area contributed by atoms with Crippen molar-refractivity contribution in [2.45, 2.75) is 19.1 Å². The van der Waals surface area contributed by atoms with Crippen LogP contribution in [0.15, 0.2) is 60.8 Å². The predicted molar refractivity (Wildman–Crippen MR) is 129 cm³/mol. The molecule has 1 unspecified atom stereocenters. The van der Waals surface area contributed by atoms with E-state index in [1.165, 1.54) is 0 Å². The van der Waals surface area contributed by atoms with E-state index in [2.05, 4.69) is 15.3 Å². The van der Waals surface area contributed by atoms with Crippen molar-refractivity contribution >= 4 is 27.9 Å². The van der Waals surface area contributed by atoms with Gasteiger partial charge in [-0.05, 0) is 49.4 Å². The number of phenolic OH excluding ortho intramolecular Hbond substituents is 1. The van der Waals surface area contributed by atoms with Crippen LogP contribution in [0.1, 0.15) is 23.8 Å². The number of carbonyl (C=O) groups is 1. The van der Waals surface area contributed by atoms with Crippen LogP contribution >= 0.6 is 0 Å². The lowest BCUT2D eigenvalue weighted by Crippen LogP contribution is -2.28. The van der Waals surface area contributed by atoms with Crippen LogP contribution in [0.5, 0.6) is 11.5 Å². The second kappa shape index (κ2) is 9.52. The van der Waals surface area contributed by atoms with Gasteiger partial charge in [0.25, 0.3) is 0 Å². The van der Waals surface area contributed by atoms with Crippen LogP contribution in [0.3, 0.4) is 0 Å². The highest BCUT2D eigenvalue weighted by Crippen LogP contribution is 2.33. The number of rotatable bonds is 8. The summed E-state index contributed by atoms with van der Waals surface area (Å²) in [6, 6.07) is 16.7. The maximum Gasteiger partial charge on any atom is 0.410 e. The van der Waals surface area contributed by atoms with E-state index in [1.54, 1.807) is 30.3 Å². The van der Waals surface area contributed by atoms with Gasteiger partial charge in [-0.15, -0.1) is 0 Å². The fourth-order valence-corrected chi connectivity index (χ4v) is 4.33. The van der Waals surface area contributed by atoms with Crippen LogP contribution in [0.25, 0.3) is 21.8 Å². The van der Waals surface area contributed by atoms with E-state index in [0.717, 1.165) is 46.0 Å². The molecule has 1 atom stereocenters. The molecule has 2 aromatic carbocycles. The Balaban J connectivity index is 1.15. The van der Waals surface area contributed by atoms with Gasteiger partial charge in [0, 0.05) is 35.6 Å². The van der Waals surface area contributed by atoms with E-state index < -0.39 is 0 Å². The number of benzene rings is 2. The van der Waals surface area contributed by atoms with E-state index in [1.807, 2.05) is 42.5 Å². The van der Waals surface area contributed by atoms with Crippen molar-refractivity contribution in [3.8, 4) is 11.5 Å². The van der Waals surface area contributed by atoms with Crippen molar-refractivity contribution in [1.82, 2.24) is 20.2 Å². The van der Waals surface area contributed by atoms with Crippen molar-refractivity contribution in [3.05, 3.63) is 72.1 Å². The molecule has 8 nitrogen and oxygen atoms in total. The lowest BCUT2D eigenvalue weighted by molar-refractivity contribution is 0.133. The molecular formula is C26H26N4O4. The number of nitrogens with one attached hydrogen (secondary N) is 1. The molecule has 0 saturated carbocycles. The second-order valence-electron chi connectivity index (χ2n) is 8.28. The number of ether oxygens (including phenoxy) is 2. The summed E-state index contributed by atoms with van der Waals surface area (Å²) in [5, 5.41) is 14.8. The number of aromatic nitrogens is 2. The minimum atomic E-state index is -0.334. The Labute approximate surface area is 197 Å². The number of fused-ring (bicyclic) bond motifs is 2. The number of phenols is 1. The zero-order chi connectivity index (χ0) is 23.5. The molecule has 0 bridgehead atoms. The molecule has 4 aromatic rings. The normalized spacial score (nSPS) is 15.7. The largest absolute Gasteiger partial charge is 0.508 e. The molecule has 1 aliphatic rings. The summed E-state index contributed by atoms with van der Waals surface area (Å²) in [5.41, 5.74) is 3.48. The summed E-state index contributed by atoms with van der Waals surface area (Å²) in [7, 11) is 1.62. The Kier molecular flexibility index (Phi) is 6.14. The minimum absolute atomic E-state index is 0.236. The van der Waals surface area contributed by atoms with Gasteiger partial charge >= 0.3 is 6.09 Å². The number of carbonyl (C=O) groups excluding carboxylic acids is 1. The van der Waals surface area contributed by atoms with Crippen molar-refractivity contribution in [1.29, 1.82) is 0 Å². The Morgan fingerprint density at radius 2 is 2.12 bits per heavy atom. The van der Waals surface area contributed by atoms with Gasteiger partial charge in [0.05, 0.1) is 24.9 Å². The first-order valence-corrected chi connectivity index (χ1v) is 11.3. The van der Waals surface area contributed by atoms with Gasteiger partial charge < -0.3 is 24.8 Å². The average Bonchev–Trinajstić information content (AvgIpc) is 3.23. The molecule has 0 aliphatic carbocycles. The van der Waals surface area contributed by atoms with Gasteiger partial charge in [-0.1, -0.05) is 18.2 Å². The molecule has 1 fully saturated rings. The molecule has 1 saturated heterocycles. The third kappa shape index (κ3) is 4.45. The topological polar surface area (TPSA) is 96.8 Å². The zero-order valence-corrected chi connectivity index (χ0v) is 18.9. The Hall–Kier alpha value is -3.91. The molecule has 34 heavy (non-hydrogen) atoms.